The Balaban J connectivity index is 1.69. The molecule has 0 bridgehead atoms. The third kappa shape index (κ3) is 5.58. The number of rotatable bonds is 9. The maximum absolute atomic E-state index is 11.6. The zero-order valence-electron chi connectivity index (χ0n) is 20.7. The monoisotopic (exact) mass is 488 g/mol. The summed E-state index contributed by atoms with van der Waals surface area (Å²) in [4.78, 5) is 11.6. The first-order chi connectivity index (χ1) is 17.4. The summed E-state index contributed by atoms with van der Waals surface area (Å²) in [5.41, 5.74) is 1.82. The predicted molar refractivity (Wildman–Crippen MR) is 136 cm³/mol. The van der Waals surface area contributed by atoms with Gasteiger partial charge in [0.15, 0.2) is 5.79 Å². The van der Waals surface area contributed by atoms with E-state index < -0.39 is 35.7 Å². The van der Waals surface area contributed by atoms with Gasteiger partial charge in [0.1, 0.15) is 23.9 Å². The molecular weight excluding hydrogens is 456 g/mol. The summed E-state index contributed by atoms with van der Waals surface area (Å²) in [6.45, 7) is 3.48. The van der Waals surface area contributed by atoms with Crippen LogP contribution in [0.5, 0.6) is 0 Å². The molecule has 1 aliphatic heterocycles. The van der Waals surface area contributed by atoms with Crippen LogP contribution in [-0.2, 0) is 29.3 Å². The van der Waals surface area contributed by atoms with Gasteiger partial charge >= 0.3 is 5.97 Å². The largest absolute Gasteiger partial charge is 0.466 e. The van der Waals surface area contributed by atoms with Crippen molar-refractivity contribution >= 4 is 5.97 Å². The molecule has 4 rings (SSSR count). The molecule has 0 spiro atoms. The number of hydrogen-bond acceptors (Lipinski definition) is 6. The van der Waals surface area contributed by atoms with Crippen LogP contribution in [0.15, 0.2) is 103 Å². The van der Waals surface area contributed by atoms with Gasteiger partial charge in [-0.1, -0.05) is 91.0 Å². The third-order valence-electron chi connectivity index (χ3n) is 6.18. The van der Waals surface area contributed by atoms with Crippen molar-refractivity contribution in [1.29, 1.82) is 0 Å². The van der Waals surface area contributed by atoms with Gasteiger partial charge in [0, 0.05) is 6.08 Å². The van der Waals surface area contributed by atoms with E-state index in [0.717, 1.165) is 16.7 Å². The maximum atomic E-state index is 11.6. The number of hydrogen-bond donors (Lipinski definition) is 1. The highest BCUT2D eigenvalue weighted by atomic mass is 16.8. The van der Waals surface area contributed by atoms with Gasteiger partial charge in [-0.3, -0.25) is 0 Å². The minimum atomic E-state index is -1.05. The lowest BCUT2D eigenvalue weighted by Gasteiger charge is -2.37. The van der Waals surface area contributed by atoms with Gasteiger partial charge in [-0.25, -0.2) is 4.79 Å². The van der Waals surface area contributed by atoms with Gasteiger partial charge < -0.3 is 24.1 Å². The first kappa shape index (κ1) is 25.8. The van der Waals surface area contributed by atoms with Crippen LogP contribution in [0.4, 0.5) is 0 Å². The molecule has 6 nitrogen and oxygen atoms in total. The molecule has 1 aliphatic rings. The van der Waals surface area contributed by atoms with Crippen molar-refractivity contribution < 1.29 is 28.8 Å². The number of aliphatic hydroxyl groups excluding tert-OH is 1. The van der Waals surface area contributed by atoms with E-state index in [4.69, 9.17) is 14.2 Å². The number of esters is 1. The topological polar surface area (TPSA) is 74.2 Å². The van der Waals surface area contributed by atoms with E-state index in [0.29, 0.717) is 0 Å². The van der Waals surface area contributed by atoms with E-state index in [1.54, 1.807) is 19.9 Å². The molecule has 0 aliphatic carbocycles. The van der Waals surface area contributed by atoms with E-state index in [1.807, 2.05) is 91.0 Å². The van der Waals surface area contributed by atoms with Crippen molar-refractivity contribution in [3.05, 3.63) is 120 Å². The smallest absolute Gasteiger partial charge is 0.330 e. The number of methoxy groups -OCH3 is 1. The zero-order valence-corrected chi connectivity index (χ0v) is 20.7. The highest BCUT2D eigenvalue weighted by molar-refractivity contribution is 5.81. The summed E-state index contributed by atoms with van der Waals surface area (Å²) in [6, 6.07) is 29.8. The number of carbonyl (C=O) groups excluding carboxylic acids is 1. The van der Waals surface area contributed by atoms with Crippen LogP contribution < -0.4 is 0 Å². The Bertz CT molecular complexity index is 1050. The van der Waals surface area contributed by atoms with E-state index in [9.17, 15) is 9.90 Å². The standard InChI is InChI=1S/C30H32O6/c1-29(2)35-26(19-20-27(32)33-3)28(36-29)25(31)21-34-30(22-13-7-4-8-14-22,23-15-9-5-10-16-23)24-17-11-6-12-18-24/h4-20,25-26,28,31H,21H2,1-3H3/b20-19+/t25-,26+,28-/m1/s1. The zero-order chi connectivity index (χ0) is 25.6. The molecule has 36 heavy (non-hydrogen) atoms. The summed E-state index contributed by atoms with van der Waals surface area (Å²) in [7, 11) is 1.30. The Morgan fingerprint density at radius 2 is 1.39 bits per heavy atom. The van der Waals surface area contributed by atoms with Crippen LogP contribution in [0, 0.1) is 0 Å². The number of aliphatic hydroxyl groups is 1. The van der Waals surface area contributed by atoms with Gasteiger partial charge in [0.25, 0.3) is 0 Å². The molecule has 0 saturated carbocycles. The summed E-state index contributed by atoms with van der Waals surface area (Å²) in [5.74, 6) is -1.45. The molecule has 1 N–H and O–H groups in total. The molecular formula is C30H32O6. The predicted octanol–water partition coefficient (Wildman–Crippen LogP) is 4.61. The van der Waals surface area contributed by atoms with Crippen molar-refractivity contribution in [3.63, 3.8) is 0 Å². The summed E-state index contributed by atoms with van der Waals surface area (Å²) >= 11 is 0. The van der Waals surface area contributed by atoms with Crippen molar-refractivity contribution in [3.8, 4) is 0 Å². The van der Waals surface area contributed by atoms with Crippen molar-refractivity contribution in [2.75, 3.05) is 13.7 Å². The first-order valence-corrected chi connectivity index (χ1v) is 12.0. The molecule has 0 aromatic heterocycles. The van der Waals surface area contributed by atoms with Gasteiger partial charge in [0.2, 0.25) is 0 Å². The van der Waals surface area contributed by atoms with Crippen LogP contribution in [0.3, 0.4) is 0 Å². The second-order valence-corrected chi connectivity index (χ2v) is 9.10. The Hall–Kier alpha value is -3.29. The molecule has 188 valence electrons. The van der Waals surface area contributed by atoms with Crippen LogP contribution in [0.2, 0.25) is 0 Å². The Kier molecular flexibility index (Phi) is 8.01. The fraction of sp³-hybridized carbons (Fsp3) is 0.300. The average molecular weight is 489 g/mol. The van der Waals surface area contributed by atoms with Crippen LogP contribution in [-0.4, -0.2) is 48.9 Å². The lowest BCUT2D eigenvalue weighted by molar-refractivity contribution is -0.161. The Labute approximate surface area is 212 Å². The molecule has 0 unspecified atom stereocenters. The molecule has 0 amide bonds. The lowest BCUT2D eigenvalue weighted by atomic mass is 9.80. The first-order valence-electron chi connectivity index (χ1n) is 12.0. The molecule has 0 radical (unpaired) electrons. The molecule has 6 heteroatoms. The molecule has 1 saturated heterocycles. The van der Waals surface area contributed by atoms with Crippen molar-refractivity contribution in [2.24, 2.45) is 0 Å². The minimum Gasteiger partial charge on any atom is -0.466 e. The highest BCUT2D eigenvalue weighted by Crippen LogP contribution is 2.41. The average Bonchev–Trinajstić information content (AvgIpc) is 3.23. The summed E-state index contributed by atoms with van der Waals surface area (Å²) < 4.78 is 23.4. The number of benzene rings is 3. The van der Waals surface area contributed by atoms with Gasteiger partial charge in [-0.05, 0) is 36.6 Å². The molecule has 1 heterocycles. The van der Waals surface area contributed by atoms with Crippen molar-refractivity contribution in [1.82, 2.24) is 0 Å². The van der Waals surface area contributed by atoms with Crippen LogP contribution in [0.1, 0.15) is 30.5 Å². The maximum Gasteiger partial charge on any atom is 0.330 e. The van der Waals surface area contributed by atoms with Crippen LogP contribution in [0.25, 0.3) is 0 Å². The fourth-order valence-electron chi connectivity index (χ4n) is 4.58. The fourth-order valence-corrected chi connectivity index (χ4v) is 4.58. The second kappa shape index (κ2) is 11.2. The quantitative estimate of drug-likeness (QED) is 0.270. The molecule has 1 fully saturated rings. The van der Waals surface area contributed by atoms with E-state index >= 15 is 0 Å². The summed E-state index contributed by atoms with van der Waals surface area (Å²) in [5, 5.41) is 11.3. The summed E-state index contributed by atoms with van der Waals surface area (Å²) in [6.07, 6.45) is 0.374. The molecule has 3 atom stereocenters. The highest BCUT2D eigenvalue weighted by Gasteiger charge is 2.45. The van der Waals surface area contributed by atoms with E-state index in [-0.39, 0.29) is 6.61 Å². The third-order valence-corrected chi connectivity index (χ3v) is 6.18. The molecule has 3 aromatic carbocycles. The van der Waals surface area contributed by atoms with E-state index in [1.165, 1.54) is 13.2 Å². The van der Waals surface area contributed by atoms with Gasteiger partial charge in [0.05, 0.1) is 13.7 Å². The number of carbonyl (C=O) groups is 1. The number of ether oxygens (including phenoxy) is 4. The van der Waals surface area contributed by atoms with Gasteiger partial charge in [-0.2, -0.15) is 0 Å². The molecule has 3 aromatic rings. The van der Waals surface area contributed by atoms with Crippen molar-refractivity contribution in [2.45, 2.75) is 43.5 Å². The SMILES string of the molecule is COC(=O)/C=C/[C@@H]1OC(C)(C)O[C@@H]1[C@H](O)COC(c1ccccc1)(c1ccccc1)c1ccccc1. The Morgan fingerprint density at radius 1 is 0.917 bits per heavy atom. The normalized spacial score (nSPS) is 20.3. The second-order valence-electron chi connectivity index (χ2n) is 9.10. The Morgan fingerprint density at radius 3 is 1.83 bits per heavy atom. The van der Waals surface area contributed by atoms with E-state index in [2.05, 4.69) is 4.74 Å². The van der Waals surface area contributed by atoms with Gasteiger partial charge in [-0.15, -0.1) is 0 Å². The lowest BCUT2D eigenvalue weighted by Crippen LogP contribution is -2.42. The minimum absolute atomic E-state index is 0.0502. The van der Waals surface area contributed by atoms with Crippen LogP contribution >= 0.6 is 0 Å².